The van der Waals surface area contributed by atoms with E-state index in [9.17, 15) is 13.2 Å². The van der Waals surface area contributed by atoms with Crippen LogP contribution in [0.3, 0.4) is 0 Å². The Morgan fingerprint density at radius 3 is 2.38 bits per heavy atom. The quantitative estimate of drug-likeness (QED) is 0.272. The van der Waals surface area contributed by atoms with Gasteiger partial charge in [0.15, 0.2) is 0 Å². The fraction of sp³-hybridized carbons (Fsp3) is 1.00. The van der Waals surface area contributed by atoms with Crippen molar-refractivity contribution in [1.82, 2.24) is 0 Å². The largest absolute Gasteiger partial charge is 0.390 e. The monoisotopic (exact) mass is 350 g/mol. The van der Waals surface area contributed by atoms with E-state index >= 15 is 0 Å². The van der Waals surface area contributed by atoms with Crippen molar-refractivity contribution in [3.8, 4) is 0 Å². The van der Waals surface area contributed by atoms with Crippen LogP contribution in [0.15, 0.2) is 0 Å². The summed E-state index contributed by atoms with van der Waals surface area (Å²) in [4.78, 5) is 0. The van der Waals surface area contributed by atoms with Gasteiger partial charge in [0.2, 0.25) is 0 Å². The van der Waals surface area contributed by atoms with E-state index in [2.05, 4.69) is 0 Å². The van der Waals surface area contributed by atoms with Crippen molar-refractivity contribution in [1.29, 1.82) is 0 Å². The predicted octanol–water partition coefficient (Wildman–Crippen LogP) is 4.48. The van der Waals surface area contributed by atoms with Gasteiger partial charge in [-0.1, -0.05) is 48.3 Å². The summed E-state index contributed by atoms with van der Waals surface area (Å²) in [6, 6.07) is 0. The lowest BCUT2D eigenvalue weighted by Crippen LogP contribution is -2.14. The number of hydrogen-bond acceptors (Lipinski definition) is 1. The fourth-order valence-corrected chi connectivity index (χ4v) is 2.62. The van der Waals surface area contributed by atoms with Crippen molar-refractivity contribution >= 4 is 22.6 Å². The van der Waals surface area contributed by atoms with Gasteiger partial charge in [0.25, 0.3) is 0 Å². The molecule has 0 saturated carbocycles. The zero-order valence-corrected chi connectivity index (χ0v) is 11.4. The van der Waals surface area contributed by atoms with Gasteiger partial charge in [0.1, 0.15) is 0 Å². The molecule has 1 aliphatic heterocycles. The molecule has 16 heavy (non-hydrogen) atoms. The lowest BCUT2D eigenvalue weighted by molar-refractivity contribution is -0.133. The van der Waals surface area contributed by atoms with Crippen molar-refractivity contribution < 1.29 is 17.9 Å². The van der Waals surface area contributed by atoms with E-state index < -0.39 is 12.6 Å². The van der Waals surface area contributed by atoms with Gasteiger partial charge >= 0.3 is 6.18 Å². The first-order valence-corrected chi connectivity index (χ1v) is 7.04. The minimum Gasteiger partial charge on any atom is -0.373 e. The molecular weight excluding hydrogens is 332 g/mol. The van der Waals surface area contributed by atoms with Crippen LogP contribution in [0.25, 0.3) is 0 Å². The van der Waals surface area contributed by atoms with Crippen LogP contribution in [-0.4, -0.2) is 22.8 Å². The minimum absolute atomic E-state index is 0.260. The molecule has 1 heterocycles. The Hall–Kier alpha value is 0.480. The molecule has 1 fully saturated rings. The topological polar surface area (TPSA) is 12.5 Å². The van der Waals surface area contributed by atoms with E-state index in [1.165, 1.54) is 0 Å². The first-order chi connectivity index (χ1) is 7.47. The van der Waals surface area contributed by atoms with Crippen molar-refractivity contribution in [3.05, 3.63) is 0 Å². The van der Waals surface area contributed by atoms with E-state index in [0.717, 1.165) is 38.7 Å². The summed E-state index contributed by atoms with van der Waals surface area (Å²) in [6.45, 7) is 0.904. The SMILES string of the molecule is FC(F)(F)CC(I)CCCCCCC1CO1. The first-order valence-electron chi connectivity index (χ1n) is 5.80. The maximum Gasteiger partial charge on any atom is 0.390 e. The number of hydrogen-bond donors (Lipinski definition) is 0. The molecule has 0 aromatic rings. The van der Waals surface area contributed by atoms with Gasteiger partial charge in [-0.3, -0.25) is 0 Å². The molecule has 96 valence electrons. The maximum absolute atomic E-state index is 12.0. The second kappa shape index (κ2) is 7.03. The zero-order valence-electron chi connectivity index (χ0n) is 9.23. The Bertz CT molecular complexity index is 192. The summed E-state index contributed by atoms with van der Waals surface area (Å²) in [6.07, 6.45) is 1.86. The summed E-state index contributed by atoms with van der Waals surface area (Å²) in [5, 5.41) is 0. The van der Waals surface area contributed by atoms with Crippen molar-refractivity contribution in [2.75, 3.05) is 6.61 Å². The number of epoxide rings is 1. The van der Waals surface area contributed by atoms with E-state index in [0.29, 0.717) is 12.5 Å². The first kappa shape index (κ1) is 14.5. The Labute approximate surface area is 108 Å². The van der Waals surface area contributed by atoms with Crippen molar-refractivity contribution in [3.63, 3.8) is 0 Å². The highest BCUT2D eigenvalue weighted by atomic mass is 127. The van der Waals surface area contributed by atoms with Gasteiger partial charge in [-0.05, 0) is 12.8 Å². The Kier molecular flexibility index (Phi) is 6.39. The number of halogens is 4. The second-order valence-corrected chi connectivity index (χ2v) is 6.13. The third kappa shape index (κ3) is 8.61. The molecule has 0 N–H and O–H groups in total. The molecule has 1 rings (SSSR count). The van der Waals surface area contributed by atoms with Crippen LogP contribution in [0.5, 0.6) is 0 Å². The van der Waals surface area contributed by atoms with Crippen molar-refractivity contribution in [2.24, 2.45) is 0 Å². The van der Waals surface area contributed by atoms with Crippen LogP contribution < -0.4 is 0 Å². The van der Waals surface area contributed by atoms with Crippen LogP contribution in [0.2, 0.25) is 0 Å². The lowest BCUT2D eigenvalue weighted by Gasteiger charge is -2.12. The van der Waals surface area contributed by atoms with Gasteiger partial charge in [0.05, 0.1) is 19.1 Å². The van der Waals surface area contributed by atoms with Crippen LogP contribution in [0.4, 0.5) is 13.2 Å². The summed E-state index contributed by atoms with van der Waals surface area (Å²) >= 11 is 1.91. The summed E-state index contributed by atoms with van der Waals surface area (Å²) < 4.78 is 40.9. The molecule has 1 nitrogen and oxygen atoms in total. The third-order valence-corrected chi connectivity index (χ3v) is 3.71. The molecule has 0 aliphatic carbocycles. The van der Waals surface area contributed by atoms with Crippen LogP contribution in [0, 0.1) is 0 Å². The maximum atomic E-state index is 12.0. The average Bonchev–Trinajstić information content (AvgIpc) is 2.91. The molecular formula is C11H18F3IO. The van der Waals surface area contributed by atoms with E-state index in [1.54, 1.807) is 0 Å². The van der Waals surface area contributed by atoms with E-state index in [-0.39, 0.29) is 3.92 Å². The third-order valence-electron chi connectivity index (χ3n) is 2.65. The molecule has 2 atom stereocenters. The molecule has 0 spiro atoms. The highest BCUT2D eigenvalue weighted by molar-refractivity contribution is 14.1. The standard InChI is InChI=1S/C11H18F3IO/c12-11(13,14)7-9(15)5-3-1-2-4-6-10-8-16-10/h9-10H,1-8H2. The van der Waals surface area contributed by atoms with Gasteiger partial charge in [-0.2, -0.15) is 13.2 Å². The van der Waals surface area contributed by atoms with Crippen LogP contribution in [0.1, 0.15) is 44.9 Å². The normalized spacial score (nSPS) is 22.1. The van der Waals surface area contributed by atoms with Gasteiger partial charge in [-0.25, -0.2) is 0 Å². The lowest BCUT2D eigenvalue weighted by atomic mass is 10.1. The van der Waals surface area contributed by atoms with Gasteiger partial charge < -0.3 is 4.74 Å². The molecule has 0 aromatic carbocycles. The number of ether oxygens (including phenoxy) is 1. The number of rotatable bonds is 8. The summed E-state index contributed by atoms with van der Waals surface area (Å²) in [5.74, 6) is 0. The Morgan fingerprint density at radius 1 is 1.19 bits per heavy atom. The predicted molar refractivity (Wildman–Crippen MR) is 65.9 cm³/mol. The zero-order chi connectivity index (χ0) is 12.0. The summed E-state index contributed by atoms with van der Waals surface area (Å²) in [5.41, 5.74) is 0. The van der Waals surface area contributed by atoms with E-state index in [1.807, 2.05) is 22.6 Å². The second-order valence-electron chi connectivity index (χ2n) is 4.36. The molecule has 5 heteroatoms. The summed E-state index contributed by atoms with van der Waals surface area (Å²) in [7, 11) is 0. The van der Waals surface area contributed by atoms with E-state index in [4.69, 9.17) is 4.74 Å². The molecule has 1 aliphatic rings. The van der Waals surface area contributed by atoms with Crippen LogP contribution >= 0.6 is 22.6 Å². The molecule has 0 aromatic heterocycles. The number of unbranched alkanes of at least 4 members (excludes halogenated alkanes) is 3. The molecule has 0 amide bonds. The average molecular weight is 350 g/mol. The van der Waals surface area contributed by atoms with Crippen molar-refractivity contribution in [2.45, 2.75) is 61.2 Å². The fourth-order valence-electron chi connectivity index (χ4n) is 1.68. The number of alkyl halides is 4. The molecule has 1 saturated heterocycles. The molecule has 2 unspecified atom stereocenters. The van der Waals surface area contributed by atoms with Gasteiger partial charge in [0, 0.05) is 3.92 Å². The van der Waals surface area contributed by atoms with Crippen LogP contribution in [-0.2, 0) is 4.74 Å². The Balaban J connectivity index is 1.85. The highest BCUT2D eigenvalue weighted by Gasteiger charge is 2.30. The Morgan fingerprint density at radius 2 is 1.81 bits per heavy atom. The smallest absolute Gasteiger partial charge is 0.373 e. The minimum atomic E-state index is -4.00. The highest BCUT2D eigenvalue weighted by Crippen LogP contribution is 2.28. The molecule has 0 bridgehead atoms. The van der Waals surface area contributed by atoms with Gasteiger partial charge in [-0.15, -0.1) is 0 Å². The molecule has 0 radical (unpaired) electrons.